The minimum Gasteiger partial charge on any atom is -0.346 e. The number of hydrogen-bond acceptors (Lipinski definition) is 5. The van der Waals surface area contributed by atoms with E-state index in [-0.39, 0.29) is 11.9 Å². The highest BCUT2D eigenvalue weighted by molar-refractivity contribution is 7.13. The van der Waals surface area contributed by atoms with Crippen LogP contribution >= 0.6 is 11.3 Å². The summed E-state index contributed by atoms with van der Waals surface area (Å²) >= 11 is 1.50. The number of rotatable bonds is 3. The van der Waals surface area contributed by atoms with Crippen LogP contribution in [-0.4, -0.2) is 46.5 Å². The van der Waals surface area contributed by atoms with Gasteiger partial charge >= 0.3 is 0 Å². The molecule has 5 heterocycles. The van der Waals surface area contributed by atoms with Gasteiger partial charge in [-0.05, 0) is 44.0 Å². The van der Waals surface area contributed by atoms with Crippen LogP contribution in [0.5, 0.6) is 0 Å². The van der Waals surface area contributed by atoms with Crippen LogP contribution in [-0.2, 0) is 0 Å². The molecule has 6 heteroatoms. The summed E-state index contributed by atoms with van der Waals surface area (Å²) in [6.45, 7) is 3.34. The Morgan fingerprint density at radius 2 is 2.05 bits per heavy atom. The van der Waals surface area contributed by atoms with E-state index >= 15 is 0 Å². The maximum Gasteiger partial charge on any atom is 0.271 e. The van der Waals surface area contributed by atoms with Gasteiger partial charge in [0.25, 0.3) is 5.91 Å². The predicted octanol–water partition coefficient (Wildman–Crippen LogP) is 2.03. The molecule has 2 aromatic rings. The molecule has 1 amide bonds. The van der Waals surface area contributed by atoms with E-state index in [2.05, 4.69) is 20.2 Å². The first kappa shape index (κ1) is 13.8. The van der Waals surface area contributed by atoms with Crippen LogP contribution in [0.2, 0.25) is 0 Å². The summed E-state index contributed by atoms with van der Waals surface area (Å²) in [4.78, 5) is 23.4. The number of hydrogen-bond donors (Lipinski definition) is 1. The summed E-state index contributed by atoms with van der Waals surface area (Å²) < 4.78 is 0. The Morgan fingerprint density at radius 1 is 1.27 bits per heavy atom. The fraction of sp³-hybridized carbons (Fsp3) is 0.438. The van der Waals surface area contributed by atoms with Crippen LogP contribution in [0.25, 0.3) is 10.6 Å². The average Bonchev–Trinajstić information content (AvgIpc) is 3.07. The molecule has 3 aliphatic rings. The van der Waals surface area contributed by atoms with Gasteiger partial charge in [-0.25, -0.2) is 4.98 Å². The number of aromatic nitrogens is 2. The molecule has 0 aliphatic carbocycles. The number of piperidine rings is 3. The third-order valence-corrected chi connectivity index (χ3v) is 5.53. The summed E-state index contributed by atoms with van der Waals surface area (Å²) in [6, 6.07) is 4.10. The number of carbonyl (C=O) groups is 1. The molecule has 5 rings (SSSR count). The van der Waals surface area contributed by atoms with Gasteiger partial charge in [0.1, 0.15) is 10.7 Å². The molecule has 1 unspecified atom stereocenters. The molecule has 0 radical (unpaired) electrons. The summed E-state index contributed by atoms with van der Waals surface area (Å²) in [5, 5.41) is 5.88. The fourth-order valence-electron chi connectivity index (χ4n) is 3.38. The van der Waals surface area contributed by atoms with Crippen LogP contribution in [0.4, 0.5) is 0 Å². The molecular formula is C16H18N4OS. The molecule has 0 saturated carbocycles. The van der Waals surface area contributed by atoms with E-state index < -0.39 is 0 Å². The van der Waals surface area contributed by atoms with Gasteiger partial charge in [0, 0.05) is 35.9 Å². The van der Waals surface area contributed by atoms with Crippen LogP contribution in [0.1, 0.15) is 23.3 Å². The quantitative estimate of drug-likeness (QED) is 0.942. The van der Waals surface area contributed by atoms with Gasteiger partial charge < -0.3 is 10.2 Å². The Labute approximate surface area is 133 Å². The minimum absolute atomic E-state index is 0.0460. The standard InChI is InChI=1S/C16H18N4OS/c21-15(18-13-9-20-7-3-11(13)4-8-20)14-10-22-16(19-14)12-1-5-17-6-2-12/h1-2,5-6,10-11,13H,3-4,7-9H2,(H,18,21). The molecule has 3 aliphatic heterocycles. The number of fused-ring (bicyclic) bond motifs is 3. The van der Waals surface area contributed by atoms with Crippen LogP contribution in [0.3, 0.4) is 0 Å². The largest absolute Gasteiger partial charge is 0.346 e. The second kappa shape index (κ2) is 5.78. The van der Waals surface area contributed by atoms with Gasteiger partial charge in [0.15, 0.2) is 0 Å². The summed E-state index contributed by atoms with van der Waals surface area (Å²) in [6.07, 6.45) is 5.88. The zero-order valence-corrected chi connectivity index (χ0v) is 13.1. The second-order valence-electron chi connectivity index (χ2n) is 5.99. The highest BCUT2D eigenvalue weighted by Crippen LogP contribution is 2.28. The van der Waals surface area contributed by atoms with Gasteiger partial charge in [-0.15, -0.1) is 11.3 Å². The lowest BCUT2D eigenvalue weighted by Crippen LogP contribution is -2.57. The van der Waals surface area contributed by atoms with Gasteiger partial charge in [-0.3, -0.25) is 9.78 Å². The van der Waals surface area contributed by atoms with Crippen molar-refractivity contribution >= 4 is 17.2 Å². The Kier molecular flexibility index (Phi) is 3.63. The highest BCUT2D eigenvalue weighted by Gasteiger charge is 2.35. The highest BCUT2D eigenvalue weighted by atomic mass is 32.1. The molecule has 2 aromatic heterocycles. The van der Waals surface area contributed by atoms with E-state index in [1.54, 1.807) is 12.4 Å². The Bertz CT molecular complexity index is 664. The molecule has 5 nitrogen and oxygen atoms in total. The number of nitrogens with one attached hydrogen (secondary N) is 1. The third-order valence-electron chi connectivity index (χ3n) is 4.64. The van der Waals surface area contributed by atoms with Gasteiger partial charge in [0.2, 0.25) is 0 Å². The lowest BCUT2D eigenvalue weighted by molar-refractivity contribution is 0.0618. The second-order valence-corrected chi connectivity index (χ2v) is 6.85. The molecule has 114 valence electrons. The van der Waals surface area contributed by atoms with E-state index in [4.69, 9.17) is 0 Å². The zero-order chi connectivity index (χ0) is 14.9. The van der Waals surface area contributed by atoms with E-state index in [0.717, 1.165) is 17.1 Å². The molecular weight excluding hydrogens is 296 g/mol. The molecule has 2 bridgehead atoms. The number of nitrogens with zero attached hydrogens (tertiary/aromatic N) is 3. The van der Waals surface area contributed by atoms with Crippen molar-refractivity contribution in [2.45, 2.75) is 18.9 Å². The molecule has 3 saturated heterocycles. The monoisotopic (exact) mass is 314 g/mol. The van der Waals surface area contributed by atoms with E-state index in [1.165, 1.54) is 37.3 Å². The van der Waals surface area contributed by atoms with Crippen molar-refractivity contribution in [1.29, 1.82) is 0 Å². The Balaban J connectivity index is 1.46. The molecule has 3 fully saturated rings. The first-order valence-corrected chi connectivity index (χ1v) is 8.57. The fourth-order valence-corrected chi connectivity index (χ4v) is 4.18. The van der Waals surface area contributed by atoms with Gasteiger partial charge in [0.05, 0.1) is 0 Å². The minimum atomic E-state index is -0.0460. The van der Waals surface area contributed by atoms with Gasteiger partial charge in [-0.1, -0.05) is 0 Å². The first-order chi connectivity index (χ1) is 10.8. The van der Waals surface area contributed by atoms with Crippen molar-refractivity contribution in [1.82, 2.24) is 20.2 Å². The molecule has 1 N–H and O–H groups in total. The number of amides is 1. The van der Waals surface area contributed by atoms with Crippen molar-refractivity contribution in [3.8, 4) is 10.6 Å². The average molecular weight is 314 g/mol. The normalized spacial score (nSPS) is 26.8. The Morgan fingerprint density at radius 3 is 2.73 bits per heavy atom. The topological polar surface area (TPSA) is 58.1 Å². The lowest BCUT2D eigenvalue weighted by Gasteiger charge is -2.44. The Hall–Kier alpha value is -1.79. The summed E-state index contributed by atoms with van der Waals surface area (Å²) in [5.74, 6) is 0.586. The SMILES string of the molecule is O=C(NC1CN2CCC1CC2)c1csc(-c2ccncc2)n1. The van der Waals surface area contributed by atoms with Crippen molar-refractivity contribution in [2.75, 3.05) is 19.6 Å². The molecule has 22 heavy (non-hydrogen) atoms. The first-order valence-electron chi connectivity index (χ1n) is 7.69. The molecule has 1 atom stereocenters. The maximum atomic E-state index is 12.4. The van der Waals surface area contributed by atoms with E-state index in [9.17, 15) is 4.79 Å². The molecule has 0 aromatic carbocycles. The van der Waals surface area contributed by atoms with Crippen molar-refractivity contribution in [3.63, 3.8) is 0 Å². The predicted molar refractivity (Wildman–Crippen MR) is 85.8 cm³/mol. The number of thiazole rings is 1. The van der Waals surface area contributed by atoms with E-state index in [0.29, 0.717) is 11.6 Å². The van der Waals surface area contributed by atoms with Gasteiger partial charge in [-0.2, -0.15) is 0 Å². The van der Waals surface area contributed by atoms with Crippen LogP contribution in [0, 0.1) is 5.92 Å². The van der Waals surface area contributed by atoms with Crippen LogP contribution in [0.15, 0.2) is 29.9 Å². The lowest BCUT2D eigenvalue weighted by atomic mass is 9.84. The van der Waals surface area contributed by atoms with E-state index in [1.807, 2.05) is 17.5 Å². The van der Waals surface area contributed by atoms with Crippen molar-refractivity contribution in [2.24, 2.45) is 5.92 Å². The number of pyridine rings is 1. The summed E-state index contributed by atoms with van der Waals surface area (Å²) in [5.41, 5.74) is 1.52. The maximum absolute atomic E-state index is 12.4. The number of carbonyl (C=O) groups excluding carboxylic acids is 1. The smallest absolute Gasteiger partial charge is 0.271 e. The van der Waals surface area contributed by atoms with Crippen LogP contribution < -0.4 is 5.32 Å². The zero-order valence-electron chi connectivity index (χ0n) is 12.2. The third kappa shape index (κ3) is 2.64. The molecule has 0 spiro atoms. The summed E-state index contributed by atoms with van der Waals surface area (Å²) in [7, 11) is 0. The van der Waals surface area contributed by atoms with Crippen molar-refractivity contribution < 1.29 is 4.79 Å². The van der Waals surface area contributed by atoms with Crippen molar-refractivity contribution in [3.05, 3.63) is 35.6 Å².